The summed E-state index contributed by atoms with van der Waals surface area (Å²) in [5.74, 6) is -1.55. The van der Waals surface area contributed by atoms with Crippen molar-refractivity contribution in [3.8, 4) is 0 Å². The Morgan fingerprint density at radius 1 is 1.53 bits per heavy atom. The number of nitrogens with zero attached hydrogens (tertiary/aromatic N) is 1. The number of hydrogen-bond donors (Lipinski definition) is 3. The number of aliphatic carboxylic acids is 1. The molecular weight excluding hydrogens is 270 g/mol. The van der Waals surface area contributed by atoms with Crippen molar-refractivity contribution in [3.63, 3.8) is 0 Å². The van der Waals surface area contributed by atoms with E-state index < -0.39 is 21.9 Å². The highest BCUT2D eigenvalue weighted by atomic mass is 32.2. The highest BCUT2D eigenvalue weighted by Crippen LogP contribution is 2.14. The Morgan fingerprint density at radius 3 is 2.58 bits per heavy atom. The zero-order valence-corrected chi connectivity index (χ0v) is 12.0. The van der Waals surface area contributed by atoms with E-state index in [1.807, 2.05) is 13.8 Å². The average molecular weight is 289 g/mol. The molecule has 1 aromatic heterocycles. The molecular formula is C11H19N3O4S. The predicted octanol–water partition coefficient (Wildman–Crippen LogP) is 0.743. The largest absolute Gasteiger partial charge is 0.481 e. The minimum Gasteiger partial charge on any atom is -0.481 e. The number of sulfonamides is 1. The fourth-order valence-corrected chi connectivity index (χ4v) is 2.96. The lowest BCUT2D eigenvalue weighted by Crippen LogP contribution is -2.33. The lowest BCUT2D eigenvalue weighted by molar-refractivity contribution is -0.142. The first-order chi connectivity index (χ1) is 8.74. The summed E-state index contributed by atoms with van der Waals surface area (Å²) in [6, 6.07) is 0. The number of carboxylic acids is 1. The van der Waals surface area contributed by atoms with Crippen LogP contribution in [0.25, 0.3) is 0 Å². The number of carbonyl (C=O) groups is 1. The summed E-state index contributed by atoms with van der Waals surface area (Å²) in [4.78, 5) is 11.1. The van der Waals surface area contributed by atoms with Gasteiger partial charge >= 0.3 is 5.97 Å². The number of rotatable bonds is 7. The van der Waals surface area contributed by atoms with Gasteiger partial charge in [-0.2, -0.15) is 5.10 Å². The molecule has 3 N–H and O–H groups in total. The predicted molar refractivity (Wildman–Crippen MR) is 69.1 cm³/mol. The van der Waals surface area contributed by atoms with Crippen LogP contribution in [0.1, 0.15) is 26.0 Å². The molecule has 0 aromatic carbocycles. The number of aromatic amines is 1. The van der Waals surface area contributed by atoms with Gasteiger partial charge in [-0.3, -0.25) is 9.89 Å². The molecule has 1 aromatic rings. The van der Waals surface area contributed by atoms with E-state index in [9.17, 15) is 13.2 Å². The highest BCUT2D eigenvalue weighted by molar-refractivity contribution is 7.89. The van der Waals surface area contributed by atoms with Crippen LogP contribution in [0.3, 0.4) is 0 Å². The van der Waals surface area contributed by atoms with E-state index in [1.165, 1.54) is 6.20 Å². The van der Waals surface area contributed by atoms with Crippen molar-refractivity contribution in [2.45, 2.75) is 32.1 Å². The fraction of sp³-hybridized carbons (Fsp3) is 0.636. The second-order valence-electron chi connectivity index (χ2n) is 4.88. The van der Waals surface area contributed by atoms with Gasteiger partial charge in [0.25, 0.3) is 0 Å². The maximum absolute atomic E-state index is 12.0. The van der Waals surface area contributed by atoms with E-state index in [2.05, 4.69) is 14.9 Å². The number of aromatic nitrogens is 2. The van der Waals surface area contributed by atoms with Crippen molar-refractivity contribution < 1.29 is 18.3 Å². The molecule has 0 radical (unpaired) electrons. The summed E-state index contributed by atoms with van der Waals surface area (Å²) in [5.41, 5.74) is 0.420. The van der Waals surface area contributed by atoms with E-state index in [0.29, 0.717) is 12.1 Å². The molecule has 19 heavy (non-hydrogen) atoms. The smallest absolute Gasteiger partial charge is 0.307 e. The van der Waals surface area contributed by atoms with E-state index >= 15 is 0 Å². The molecule has 1 unspecified atom stereocenters. The average Bonchev–Trinajstić information content (AvgIpc) is 2.70. The molecule has 0 aliphatic rings. The van der Waals surface area contributed by atoms with Crippen molar-refractivity contribution in [1.82, 2.24) is 14.9 Å². The number of carboxylic acid groups (broad SMARTS) is 1. The molecule has 1 rings (SSSR count). The van der Waals surface area contributed by atoms with Gasteiger partial charge in [-0.25, -0.2) is 13.1 Å². The Bertz CT molecular complexity index is 536. The van der Waals surface area contributed by atoms with E-state index in [1.54, 1.807) is 6.92 Å². The maximum atomic E-state index is 12.0. The maximum Gasteiger partial charge on any atom is 0.307 e. The molecule has 0 amide bonds. The SMILES string of the molecule is Cc1[nH]ncc1S(=O)(=O)NCC(CC(C)C)C(=O)O. The fourth-order valence-electron chi connectivity index (χ4n) is 1.74. The molecule has 8 heteroatoms. The first-order valence-electron chi connectivity index (χ1n) is 5.96. The van der Waals surface area contributed by atoms with Gasteiger partial charge in [-0.05, 0) is 19.3 Å². The van der Waals surface area contributed by atoms with E-state index in [-0.39, 0.29) is 17.4 Å². The quantitative estimate of drug-likeness (QED) is 0.685. The van der Waals surface area contributed by atoms with Gasteiger partial charge in [-0.15, -0.1) is 0 Å². The van der Waals surface area contributed by atoms with Crippen molar-refractivity contribution >= 4 is 16.0 Å². The van der Waals surface area contributed by atoms with Crippen molar-refractivity contribution in [2.75, 3.05) is 6.54 Å². The third-order valence-corrected chi connectivity index (χ3v) is 4.24. The Balaban J connectivity index is 2.74. The number of nitrogens with one attached hydrogen (secondary N) is 2. The van der Waals surface area contributed by atoms with Gasteiger partial charge in [0.05, 0.1) is 17.8 Å². The lowest BCUT2D eigenvalue weighted by Gasteiger charge is -2.15. The molecule has 0 aliphatic heterocycles. The monoisotopic (exact) mass is 289 g/mol. The van der Waals surface area contributed by atoms with Crippen LogP contribution in [-0.4, -0.2) is 36.2 Å². The van der Waals surface area contributed by atoms with Crippen molar-refractivity contribution in [2.24, 2.45) is 11.8 Å². The van der Waals surface area contributed by atoms with Crippen molar-refractivity contribution in [1.29, 1.82) is 0 Å². The second kappa shape index (κ2) is 6.16. The molecule has 108 valence electrons. The normalized spacial score (nSPS) is 13.7. The van der Waals surface area contributed by atoms with Gasteiger partial charge in [-0.1, -0.05) is 13.8 Å². The molecule has 0 saturated heterocycles. The number of aryl methyl sites for hydroxylation is 1. The first-order valence-corrected chi connectivity index (χ1v) is 7.44. The van der Waals surface area contributed by atoms with Crippen LogP contribution in [0, 0.1) is 18.8 Å². The zero-order chi connectivity index (χ0) is 14.6. The van der Waals surface area contributed by atoms with Gasteiger partial charge in [0, 0.05) is 6.54 Å². The van der Waals surface area contributed by atoms with Crippen LogP contribution in [-0.2, 0) is 14.8 Å². The van der Waals surface area contributed by atoms with Gasteiger partial charge in [0.2, 0.25) is 10.0 Å². The third kappa shape index (κ3) is 4.32. The lowest BCUT2D eigenvalue weighted by atomic mass is 9.98. The van der Waals surface area contributed by atoms with E-state index in [4.69, 9.17) is 5.11 Å². The topological polar surface area (TPSA) is 112 Å². The van der Waals surface area contributed by atoms with Gasteiger partial charge in [0.15, 0.2) is 0 Å². The second-order valence-corrected chi connectivity index (χ2v) is 6.61. The zero-order valence-electron chi connectivity index (χ0n) is 11.2. The molecule has 0 fully saturated rings. The van der Waals surface area contributed by atoms with Crippen LogP contribution in [0.2, 0.25) is 0 Å². The Labute approximate surface area is 112 Å². The van der Waals surface area contributed by atoms with Gasteiger partial charge in [0.1, 0.15) is 4.90 Å². The molecule has 0 spiro atoms. The van der Waals surface area contributed by atoms with Crippen molar-refractivity contribution in [3.05, 3.63) is 11.9 Å². The summed E-state index contributed by atoms with van der Waals surface area (Å²) >= 11 is 0. The number of hydrogen-bond acceptors (Lipinski definition) is 4. The summed E-state index contributed by atoms with van der Waals surface area (Å²) in [6.45, 7) is 5.25. The molecule has 0 saturated carbocycles. The minimum atomic E-state index is -3.72. The molecule has 0 aliphatic carbocycles. The summed E-state index contributed by atoms with van der Waals surface area (Å²) in [6.07, 6.45) is 1.62. The number of H-pyrrole nitrogens is 1. The summed E-state index contributed by atoms with van der Waals surface area (Å²) in [7, 11) is -3.72. The van der Waals surface area contributed by atoms with Crippen LogP contribution in [0.4, 0.5) is 0 Å². The van der Waals surface area contributed by atoms with Crippen LogP contribution in [0.15, 0.2) is 11.1 Å². The molecule has 1 atom stereocenters. The first kappa shape index (κ1) is 15.6. The van der Waals surface area contributed by atoms with Crippen LogP contribution in [0.5, 0.6) is 0 Å². The Kier molecular flexibility index (Phi) is 5.07. The highest BCUT2D eigenvalue weighted by Gasteiger charge is 2.24. The van der Waals surface area contributed by atoms with Crippen LogP contribution < -0.4 is 4.72 Å². The standard InChI is InChI=1S/C11H19N3O4S/c1-7(2)4-9(11(15)16)5-13-19(17,18)10-6-12-14-8(10)3/h6-7,9,13H,4-5H2,1-3H3,(H,12,14)(H,15,16). The van der Waals surface area contributed by atoms with Crippen LogP contribution >= 0.6 is 0 Å². The van der Waals surface area contributed by atoms with Gasteiger partial charge < -0.3 is 5.11 Å². The summed E-state index contributed by atoms with van der Waals surface area (Å²) in [5, 5.41) is 15.2. The third-order valence-electron chi connectivity index (χ3n) is 2.70. The Morgan fingerprint density at radius 2 is 2.16 bits per heavy atom. The molecule has 0 bridgehead atoms. The summed E-state index contributed by atoms with van der Waals surface area (Å²) < 4.78 is 26.2. The minimum absolute atomic E-state index is 0.0428. The van der Waals surface area contributed by atoms with E-state index in [0.717, 1.165) is 0 Å². The molecule has 1 heterocycles. The molecule has 7 nitrogen and oxygen atoms in total. The Hall–Kier alpha value is -1.41.